The van der Waals surface area contributed by atoms with Gasteiger partial charge in [-0.2, -0.15) is 0 Å². The number of nitrogens with zero attached hydrogens (tertiary/aromatic N) is 1. The van der Waals surface area contributed by atoms with Gasteiger partial charge in [0.15, 0.2) is 0 Å². The molecular weight excluding hydrogens is 242 g/mol. The summed E-state index contributed by atoms with van der Waals surface area (Å²) in [6.07, 6.45) is 5.75. The Hall–Kier alpha value is -1.49. The van der Waals surface area contributed by atoms with Gasteiger partial charge in [0, 0.05) is 31.3 Å². The molecule has 0 aromatic carbocycles. The molecule has 0 saturated heterocycles. The Balaban J connectivity index is 2.07. The first-order chi connectivity index (χ1) is 9.15. The van der Waals surface area contributed by atoms with Crippen LogP contribution in [0.1, 0.15) is 43.1 Å². The molecular formula is C14H23N3O2. The Morgan fingerprint density at radius 3 is 3.05 bits per heavy atom. The van der Waals surface area contributed by atoms with Crippen LogP contribution in [0.15, 0.2) is 12.3 Å². The van der Waals surface area contributed by atoms with E-state index >= 15 is 0 Å². The van der Waals surface area contributed by atoms with Gasteiger partial charge in [-0.25, -0.2) is 0 Å². The third-order valence-electron chi connectivity index (χ3n) is 3.82. The van der Waals surface area contributed by atoms with Crippen molar-refractivity contribution >= 4 is 11.6 Å². The molecule has 0 spiro atoms. The van der Waals surface area contributed by atoms with Crippen molar-refractivity contribution in [2.24, 2.45) is 5.92 Å². The van der Waals surface area contributed by atoms with Crippen molar-refractivity contribution in [1.82, 2.24) is 9.88 Å². The van der Waals surface area contributed by atoms with Crippen molar-refractivity contribution < 1.29 is 9.90 Å². The van der Waals surface area contributed by atoms with Gasteiger partial charge >= 0.3 is 0 Å². The number of nitrogen functional groups attached to an aromatic ring is 1. The number of aliphatic hydroxyl groups excluding tert-OH is 1. The second-order valence-electron chi connectivity index (χ2n) is 5.31. The maximum Gasteiger partial charge on any atom is 0.268 e. The Morgan fingerprint density at radius 1 is 1.58 bits per heavy atom. The molecule has 106 valence electrons. The molecule has 5 heteroatoms. The minimum absolute atomic E-state index is 0.0868. The molecule has 0 aliphatic heterocycles. The number of amides is 1. The molecule has 1 aromatic heterocycles. The van der Waals surface area contributed by atoms with Gasteiger partial charge in [-0.15, -0.1) is 0 Å². The normalized spacial score (nSPS) is 22.6. The summed E-state index contributed by atoms with van der Waals surface area (Å²) in [6.45, 7) is 2.99. The summed E-state index contributed by atoms with van der Waals surface area (Å²) in [5, 5.41) is 12.3. The number of aromatic nitrogens is 1. The molecule has 2 unspecified atom stereocenters. The second kappa shape index (κ2) is 6.10. The highest BCUT2D eigenvalue weighted by Gasteiger charge is 2.28. The van der Waals surface area contributed by atoms with Crippen molar-refractivity contribution in [3.63, 3.8) is 0 Å². The van der Waals surface area contributed by atoms with Gasteiger partial charge in [0.25, 0.3) is 5.91 Å². The van der Waals surface area contributed by atoms with Gasteiger partial charge in [-0.1, -0.05) is 13.3 Å². The average molecular weight is 265 g/mol. The van der Waals surface area contributed by atoms with Crippen LogP contribution in [-0.4, -0.2) is 28.2 Å². The zero-order valence-corrected chi connectivity index (χ0v) is 11.4. The lowest BCUT2D eigenvalue weighted by molar-refractivity contribution is 0.0906. The summed E-state index contributed by atoms with van der Waals surface area (Å²) in [7, 11) is 0. The quantitative estimate of drug-likeness (QED) is 0.752. The van der Waals surface area contributed by atoms with E-state index < -0.39 is 0 Å². The lowest BCUT2D eigenvalue weighted by Gasteiger charge is -2.19. The Bertz CT molecular complexity index is 442. The zero-order chi connectivity index (χ0) is 13.8. The minimum Gasteiger partial charge on any atom is -0.397 e. The summed E-state index contributed by atoms with van der Waals surface area (Å²) in [5.74, 6) is 0.103. The number of aryl methyl sites for hydroxylation is 1. The maximum atomic E-state index is 12.3. The van der Waals surface area contributed by atoms with Gasteiger partial charge in [-0.3, -0.25) is 4.79 Å². The Kier molecular flexibility index (Phi) is 4.47. The molecule has 4 N–H and O–H groups in total. The topological polar surface area (TPSA) is 80.3 Å². The molecule has 5 nitrogen and oxygen atoms in total. The van der Waals surface area contributed by atoms with E-state index in [1.807, 2.05) is 4.57 Å². The summed E-state index contributed by atoms with van der Waals surface area (Å²) in [6, 6.07) is 1.80. The molecule has 2 rings (SSSR count). The number of hydrogen-bond acceptors (Lipinski definition) is 3. The third-order valence-corrected chi connectivity index (χ3v) is 3.82. The van der Waals surface area contributed by atoms with Crippen molar-refractivity contribution in [3.05, 3.63) is 18.0 Å². The lowest BCUT2D eigenvalue weighted by atomic mass is 10.1. The zero-order valence-electron chi connectivity index (χ0n) is 11.4. The van der Waals surface area contributed by atoms with Crippen LogP contribution in [-0.2, 0) is 6.54 Å². The summed E-state index contributed by atoms with van der Waals surface area (Å²) in [5.41, 5.74) is 7.00. The monoisotopic (exact) mass is 265 g/mol. The summed E-state index contributed by atoms with van der Waals surface area (Å²) in [4.78, 5) is 12.3. The highest BCUT2D eigenvalue weighted by molar-refractivity contribution is 5.94. The first kappa shape index (κ1) is 13.9. The SMILES string of the molecule is CCCn1cc(N)cc1C(=O)NC1CCCC1CO. The summed E-state index contributed by atoms with van der Waals surface area (Å²) >= 11 is 0. The Labute approximate surface area is 113 Å². The number of nitrogens with one attached hydrogen (secondary N) is 1. The molecule has 1 amide bonds. The molecule has 2 atom stereocenters. The van der Waals surface area contributed by atoms with Crippen molar-refractivity contribution in [1.29, 1.82) is 0 Å². The van der Waals surface area contributed by atoms with Gasteiger partial charge < -0.3 is 20.7 Å². The molecule has 0 bridgehead atoms. The number of nitrogens with two attached hydrogens (primary N) is 1. The summed E-state index contributed by atoms with van der Waals surface area (Å²) < 4.78 is 1.90. The van der Waals surface area contributed by atoms with Crippen LogP contribution < -0.4 is 11.1 Å². The molecule has 1 aromatic rings. The number of anilines is 1. The smallest absolute Gasteiger partial charge is 0.268 e. The minimum atomic E-state index is -0.0875. The molecule has 1 aliphatic carbocycles. The number of carbonyl (C=O) groups is 1. The average Bonchev–Trinajstić information content (AvgIpc) is 2.96. The molecule has 1 fully saturated rings. The molecule has 0 radical (unpaired) electrons. The van der Waals surface area contributed by atoms with Crippen molar-refractivity contribution in [3.8, 4) is 0 Å². The van der Waals surface area contributed by atoms with Gasteiger partial charge in [0.2, 0.25) is 0 Å². The fraction of sp³-hybridized carbons (Fsp3) is 0.643. The van der Waals surface area contributed by atoms with Gasteiger partial charge in [0.05, 0.1) is 5.69 Å². The molecule has 19 heavy (non-hydrogen) atoms. The fourth-order valence-corrected chi connectivity index (χ4v) is 2.84. The number of carbonyl (C=O) groups excluding carboxylic acids is 1. The van der Waals surface area contributed by atoms with Crippen LogP contribution in [0.2, 0.25) is 0 Å². The van der Waals surface area contributed by atoms with Crippen LogP contribution in [0, 0.1) is 5.92 Å². The molecule has 1 saturated carbocycles. The second-order valence-corrected chi connectivity index (χ2v) is 5.31. The van der Waals surface area contributed by atoms with E-state index in [1.165, 1.54) is 0 Å². The van der Waals surface area contributed by atoms with Crippen molar-refractivity contribution in [2.75, 3.05) is 12.3 Å². The van der Waals surface area contributed by atoms with E-state index in [0.717, 1.165) is 32.2 Å². The maximum absolute atomic E-state index is 12.3. The predicted octanol–water partition coefficient (Wildman–Crippen LogP) is 1.37. The van der Waals surface area contributed by atoms with Crippen LogP contribution in [0.25, 0.3) is 0 Å². The van der Waals surface area contributed by atoms with Crippen LogP contribution in [0.4, 0.5) is 5.69 Å². The largest absolute Gasteiger partial charge is 0.397 e. The van der Waals surface area contributed by atoms with Crippen LogP contribution in [0.5, 0.6) is 0 Å². The molecule has 1 heterocycles. The third kappa shape index (κ3) is 3.10. The Morgan fingerprint density at radius 2 is 2.37 bits per heavy atom. The van der Waals surface area contributed by atoms with Crippen LogP contribution >= 0.6 is 0 Å². The number of rotatable bonds is 5. The van der Waals surface area contributed by atoms with Gasteiger partial charge in [0.1, 0.15) is 5.69 Å². The van der Waals surface area contributed by atoms with E-state index in [0.29, 0.717) is 11.4 Å². The number of aliphatic hydroxyl groups is 1. The van der Waals surface area contributed by atoms with Gasteiger partial charge in [-0.05, 0) is 25.3 Å². The van der Waals surface area contributed by atoms with E-state index in [4.69, 9.17) is 5.73 Å². The van der Waals surface area contributed by atoms with E-state index in [-0.39, 0.29) is 24.5 Å². The van der Waals surface area contributed by atoms with Crippen LogP contribution in [0.3, 0.4) is 0 Å². The predicted molar refractivity (Wildman–Crippen MR) is 74.8 cm³/mol. The van der Waals surface area contributed by atoms with E-state index in [9.17, 15) is 9.90 Å². The van der Waals surface area contributed by atoms with E-state index in [1.54, 1.807) is 12.3 Å². The number of hydrogen-bond donors (Lipinski definition) is 3. The lowest BCUT2D eigenvalue weighted by Crippen LogP contribution is -2.39. The highest BCUT2D eigenvalue weighted by Crippen LogP contribution is 2.25. The highest BCUT2D eigenvalue weighted by atomic mass is 16.3. The first-order valence-corrected chi connectivity index (χ1v) is 7.03. The standard InChI is InChI=1S/C14H23N3O2/c1-2-6-17-8-11(15)7-13(17)14(19)16-12-5-3-4-10(12)9-18/h7-8,10,12,18H,2-6,9,15H2,1H3,(H,16,19). The van der Waals surface area contributed by atoms with E-state index in [2.05, 4.69) is 12.2 Å². The molecule has 1 aliphatic rings. The first-order valence-electron chi connectivity index (χ1n) is 7.03. The fourth-order valence-electron chi connectivity index (χ4n) is 2.84. The van der Waals surface area contributed by atoms with Crippen molar-refractivity contribution in [2.45, 2.75) is 45.2 Å².